The van der Waals surface area contributed by atoms with E-state index in [0.717, 1.165) is 11.1 Å². The van der Waals surface area contributed by atoms with Gasteiger partial charge in [-0.25, -0.2) is 0 Å². The van der Waals surface area contributed by atoms with Crippen LogP contribution in [0.15, 0.2) is 91.0 Å². The Balaban J connectivity index is 1.27. The quantitative estimate of drug-likeness (QED) is 0.136. The summed E-state index contributed by atoms with van der Waals surface area (Å²) in [5.74, 6) is -2.13. The molecule has 0 amide bonds. The molecular weight excluding hydrogens is 777 g/mol. The summed E-state index contributed by atoms with van der Waals surface area (Å²) in [7, 11) is -6.28. The molecule has 4 heterocycles. The highest BCUT2D eigenvalue weighted by molar-refractivity contribution is 7.87. The highest BCUT2D eigenvalue weighted by atomic mass is 32.2. The Morgan fingerprint density at radius 2 is 1.23 bits per heavy atom. The number of fused-ring (bicyclic) bond motifs is 1. The molecule has 13 nitrogen and oxygen atoms in total. The van der Waals surface area contributed by atoms with Crippen molar-refractivity contribution in [3.8, 4) is 0 Å². The van der Waals surface area contributed by atoms with Crippen molar-refractivity contribution in [3.63, 3.8) is 0 Å². The van der Waals surface area contributed by atoms with Crippen LogP contribution in [0.5, 0.6) is 0 Å². The van der Waals surface area contributed by atoms with Gasteiger partial charge >= 0.3 is 15.6 Å². The summed E-state index contributed by atoms with van der Waals surface area (Å²) >= 11 is 0. The molecule has 0 spiro atoms. The zero-order valence-electron chi connectivity index (χ0n) is 31.8. The Bertz CT molecular complexity index is 1850. The second kappa shape index (κ2) is 17.3. The van der Waals surface area contributed by atoms with Gasteiger partial charge in [-0.3, -0.25) is 4.18 Å². The first-order valence-corrected chi connectivity index (χ1v) is 20.0. The molecule has 0 bridgehead atoms. The summed E-state index contributed by atoms with van der Waals surface area (Å²) < 4.78 is 136. The number of hydrogen-bond donors (Lipinski definition) is 0. The fourth-order valence-electron chi connectivity index (χ4n) is 7.21. The predicted molar refractivity (Wildman–Crippen MR) is 193 cm³/mol. The van der Waals surface area contributed by atoms with Crippen molar-refractivity contribution in [1.82, 2.24) is 0 Å². The maximum Gasteiger partial charge on any atom is 0.523 e. The van der Waals surface area contributed by atoms with Crippen molar-refractivity contribution in [2.45, 2.75) is 126 Å². The summed E-state index contributed by atoms with van der Waals surface area (Å²) in [6, 6.07) is 27.1. The predicted octanol–water partition coefficient (Wildman–Crippen LogP) is 5.75. The van der Waals surface area contributed by atoms with E-state index in [4.69, 9.17) is 51.6 Å². The van der Waals surface area contributed by atoms with Gasteiger partial charge in [0.2, 0.25) is 0 Å². The summed E-state index contributed by atoms with van der Waals surface area (Å²) in [5, 5.41) is 0. The van der Waals surface area contributed by atoms with E-state index in [-0.39, 0.29) is 33.0 Å². The van der Waals surface area contributed by atoms with Gasteiger partial charge in [0.25, 0.3) is 0 Å². The number of ether oxygens (including phenoxy) is 10. The van der Waals surface area contributed by atoms with Gasteiger partial charge < -0.3 is 47.4 Å². The van der Waals surface area contributed by atoms with Crippen LogP contribution >= 0.6 is 0 Å². The molecule has 3 aromatic carbocycles. The summed E-state index contributed by atoms with van der Waals surface area (Å²) in [4.78, 5) is 0. The van der Waals surface area contributed by atoms with Gasteiger partial charge in [0, 0.05) is 0 Å². The molecule has 0 aromatic heterocycles. The Labute approximate surface area is 329 Å². The lowest BCUT2D eigenvalue weighted by atomic mass is 9.97. The lowest BCUT2D eigenvalue weighted by molar-refractivity contribution is -0.333. The van der Waals surface area contributed by atoms with Crippen molar-refractivity contribution in [1.29, 1.82) is 0 Å². The van der Waals surface area contributed by atoms with Gasteiger partial charge in [0.15, 0.2) is 30.3 Å². The van der Waals surface area contributed by atoms with Gasteiger partial charge in [-0.2, -0.15) is 21.6 Å². The Morgan fingerprint density at radius 3 is 1.77 bits per heavy atom. The van der Waals surface area contributed by atoms with Gasteiger partial charge in [-0.05, 0) is 44.4 Å². The molecule has 4 aliphatic rings. The standard InChI is InChI=1S/C40H47F3O13S/c1-38(2)49-24-29(53-38)31-33(34-37(51-31)55-39(3,4)54-34)52-36-35(56-57(44,45)40(41,42)43)32(48-22-27-18-12-7-13-19-27)30(47-21-26-16-10-6-11-17-26)28(50-36)23-46-20-25-14-8-5-9-15-25/h5-19,28-37H,20-24H2,1-4H3/t28-,29-,30-,31-,32+,33+,34-,35-,36+,37-/m1/s1. The molecule has 0 saturated carbocycles. The van der Waals surface area contributed by atoms with Crippen LogP contribution < -0.4 is 0 Å². The molecule has 57 heavy (non-hydrogen) atoms. The number of benzene rings is 3. The number of rotatable bonds is 15. The molecule has 0 N–H and O–H groups in total. The van der Waals surface area contributed by atoms with Crippen LogP contribution in [0.2, 0.25) is 0 Å². The maximum absolute atomic E-state index is 14.2. The largest absolute Gasteiger partial charge is 0.523 e. The van der Waals surface area contributed by atoms with Crippen molar-refractivity contribution >= 4 is 10.1 Å². The maximum atomic E-state index is 14.2. The van der Waals surface area contributed by atoms with E-state index in [1.165, 1.54) is 0 Å². The van der Waals surface area contributed by atoms with E-state index in [0.29, 0.717) is 5.56 Å². The SMILES string of the molecule is CC1(C)O[C@H]2O[C@H]([C@H]3COC(C)(C)O3)[C@H](O[C@@H]3O[C@H](COCc4ccccc4)[C@@H](OCc4ccccc4)[C@H](OCc4ccccc4)[C@H]3OS(=O)(=O)C(F)(F)F)[C@H]2O1. The second-order valence-electron chi connectivity index (χ2n) is 15.1. The van der Waals surface area contributed by atoms with Gasteiger partial charge in [0.1, 0.15) is 42.7 Å². The van der Waals surface area contributed by atoms with E-state index in [1.54, 1.807) is 82.3 Å². The molecule has 3 aromatic rings. The smallest absolute Gasteiger partial charge is 0.374 e. The minimum absolute atomic E-state index is 0.0448. The highest BCUT2D eigenvalue weighted by Gasteiger charge is 2.62. The van der Waals surface area contributed by atoms with Crippen LogP contribution in [0.1, 0.15) is 44.4 Å². The van der Waals surface area contributed by atoms with E-state index in [9.17, 15) is 21.6 Å². The Morgan fingerprint density at radius 1 is 0.667 bits per heavy atom. The molecule has 0 unspecified atom stereocenters. The summed E-state index contributed by atoms with van der Waals surface area (Å²) in [6.07, 6.45) is -12.7. The monoisotopic (exact) mass is 824 g/mol. The van der Waals surface area contributed by atoms with E-state index in [1.807, 2.05) is 36.4 Å². The van der Waals surface area contributed by atoms with Crippen LogP contribution in [-0.4, -0.2) is 100 Å². The van der Waals surface area contributed by atoms with Crippen molar-refractivity contribution in [2.75, 3.05) is 13.2 Å². The highest BCUT2D eigenvalue weighted by Crippen LogP contribution is 2.44. The molecule has 7 rings (SSSR count). The molecule has 4 saturated heterocycles. The van der Waals surface area contributed by atoms with Crippen LogP contribution in [0.4, 0.5) is 13.2 Å². The second-order valence-corrected chi connectivity index (χ2v) is 16.6. The summed E-state index contributed by atoms with van der Waals surface area (Å²) in [6.45, 7) is 6.60. The van der Waals surface area contributed by atoms with Crippen LogP contribution in [0, 0.1) is 0 Å². The van der Waals surface area contributed by atoms with Crippen LogP contribution in [-0.2, 0) is 81.5 Å². The van der Waals surface area contributed by atoms with E-state index >= 15 is 0 Å². The molecule has 10 atom stereocenters. The zero-order chi connectivity index (χ0) is 40.4. The van der Waals surface area contributed by atoms with Crippen LogP contribution in [0.3, 0.4) is 0 Å². The van der Waals surface area contributed by atoms with Crippen molar-refractivity contribution in [2.24, 2.45) is 0 Å². The first-order chi connectivity index (χ1) is 27.1. The van der Waals surface area contributed by atoms with E-state index in [2.05, 4.69) is 0 Å². The fourth-order valence-corrected chi connectivity index (χ4v) is 7.81. The minimum Gasteiger partial charge on any atom is -0.374 e. The normalized spacial score (nSPS) is 32.3. The zero-order valence-corrected chi connectivity index (χ0v) is 32.6. The fraction of sp³-hybridized carbons (Fsp3) is 0.550. The first-order valence-electron chi connectivity index (χ1n) is 18.6. The molecule has 312 valence electrons. The molecule has 4 aliphatic heterocycles. The molecule has 4 fully saturated rings. The third-order valence-corrected chi connectivity index (χ3v) is 10.8. The average molecular weight is 825 g/mol. The average Bonchev–Trinajstić information content (AvgIpc) is 3.79. The van der Waals surface area contributed by atoms with Gasteiger partial charge in [-0.1, -0.05) is 91.0 Å². The summed E-state index contributed by atoms with van der Waals surface area (Å²) in [5.41, 5.74) is -3.60. The molecule has 0 aliphatic carbocycles. The van der Waals surface area contributed by atoms with E-state index < -0.39 is 88.6 Å². The van der Waals surface area contributed by atoms with Crippen molar-refractivity contribution < 1.29 is 73.1 Å². The number of alkyl halides is 3. The lowest BCUT2D eigenvalue weighted by Gasteiger charge is -2.46. The molecule has 0 radical (unpaired) electrons. The van der Waals surface area contributed by atoms with Crippen molar-refractivity contribution in [3.05, 3.63) is 108 Å². The molecule has 17 heteroatoms. The third kappa shape index (κ3) is 10.2. The van der Waals surface area contributed by atoms with Gasteiger partial charge in [0.05, 0.1) is 33.0 Å². The Kier molecular flexibility index (Phi) is 12.8. The lowest BCUT2D eigenvalue weighted by Crippen LogP contribution is -2.64. The van der Waals surface area contributed by atoms with Crippen LogP contribution in [0.25, 0.3) is 0 Å². The topological polar surface area (TPSA) is 136 Å². The Hall–Kier alpha value is -3.04. The number of hydrogen-bond acceptors (Lipinski definition) is 13. The first kappa shape index (κ1) is 42.1. The minimum atomic E-state index is -6.28. The molecular formula is C40H47F3O13S. The number of halogens is 3. The van der Waals surface area contributed by atoms with Gasteiger partial charge in [-0.15, -0.1) is 0 Å². The third-order valence-electron chi connectivity index (χ3n) is 9.79.